The van der Waals surface area contributed by atoms with Crippen LogP contribution >= 0.6 is 39.5 Å². The molecule has 3 aliphatic rings. The molecule has 0 atom stereocenters. The van der Waals surface area contributed by atoms with Crippen LogP contribution in [0.25, 0.3) is 0 Å². The minimum absolute atomic E-state index is 0.0369. The fourth-order valence-electron chi connectivity index (χ4n) is 2.44. The summed E-state index contributed by atoms with van der Waals surface area (Å²) in [7, 11) is 0. The molecular formula is C14H11BrN2O4S2. The predicted octanol–water partition coefficient (Wildman–Crippen LogP) is 1.95. The van der Waals surface area contributed by atoms with E-state index in [0.717, 1.165) is 23.5 Å². The minimum Gasteiger partial charge on any atom is -0.289 e. The number of hydrazine groups is 1. The van der Waals surface area contributed by atoms with E-state index in [-0.39, 0.29) is 43.2 Å². The van der Waals surface area contributed by atoms with Crippen molar-refractivity contribution in [3.05, 3.63) is 30.2 Å². The summed E-state index contributed by atoms with van der Waals surface area (Å²) in [4.78, 5) is 49.7. The Kier molecular flexibility index (Phi) is 4.28. The van der Waals surface area contributed by atoms with E-state index in [9.17, 15) is 19.2 Å². The molecule has 6 nitrogen and oxygen atoms in total. The second kappa shape index (κ2) is 5.95. The number of carbonyl (C=O) groups excluding carboxylic acids is 4. The van der Waals surface area contributed by atoms with Gasteiger partial charge in [0.15, 0.2) is 5.78 Å². The van der Waals surface area contributed by atoms with Gasteiger partial charge in [-0.2, -0.15) is 0 Å². The standard InChI is InChI=1S/C14H11BrN2O4S2/c1-3-16-12(20)8(13(21)17(16)4-2)14-22-10-7(18)5-6(15)9(19)11(10)23-14/h5H,3-4H2,1-2H3. The number of halogens is 1. The summed E-state index contributed by atoms with van der Waals surface area (Å²) >= 11 is 5.12. The number of hydrogen-bond acceptors (Lipinski definition) is 6. The van der Waals surface area contributed by atoms with Gasteiger partial charge in [-0.05, 0) is 29.8 Å². The zero-order chi connectivity index (χ0) is 16.9. The number of thioether (sulfide) groups is 2. The quantitative estimate of drug-likeness (QED) is 0.390. The first-order valence-corrected chi connectivity index (χ1v) is 9.27. The van der Waals surface area contributed by atoms with E-state index in [2.05, 4.69) is 15.9 Å². The van der Waals surface area contributed by atoms with Gasteiger partial charge in [0.05, 0.1) is 18.5 Å². The molecule has 1 saturated heterocycles. The molecule has 0 aromatic rings. The number of nitrogens with zero attached hydrogens (tertiary/aromatic N) is 2. The van der Waals surface area contributed by atoms with Crippen LogP contribution in [0.15, 0.2) is 30.2 Å². The number of amides is 2. The zero-order valence-electron chi connectivity index (χ0n) is 12.2. The van der Waals surface area contributed by atoms with Crippen LogP contribution in [0.2, 0.25) is 0 Å². The van der Waals surface area contributed by atoms with Crippen LogP contribution in [0.3, 0.4) is 0 Å². The number of rotatable bonds is 2. The van der Waals surface area contributed by atoms with Crippen molar-refractivity contribution in [2.75, 3.05) is 13.1 Å². The fourth-order valence-corrected chi connectivity index (χ4v) is 5.56. The molecule has 0 spiro atoms. The van der Waals surface area contributed by atoms with E-state index in [1.54, 1.807) is 13.8 Å². The average molecular weight is 415 g/mol. The number of carbonyl (C=O) groups is 4. The van der Waals surface area contributed by atoms with Crippen molar-refractivity contribution >= 4 is 62.8 Å². The van der Waals surface area contributed by atoms with E-state index >= 15 is 0 Å². The molecule has 1 aliphatic carbocycles. The first-order valence-electron chi connectivity index (χ1n) is 6.84. The molecule has 0 N–H and O–H groups in total. The largest absolute Gasteiger partial charge is 0.289 e. The highest BCUT2D eigenvalue weighted by Gasteiger charge is 2.45. The van der Waals surface area contributed by atoms with Crippen molar-refractivity contribution < 1.29 is 19.2 Å². The summed E-state index contributed by atoms with van der Waals surface area (Å²) in [6, 6.07) is 0. The Morgan fingerprint density at radius 3 is 2.00 bits per heavy atom. The van der Waals surface area contributed by atoms with E-state index in [4.69, 9.17) is 0 Å². The lowest BCUT2D eigenvalue weighted by Crippen LogP contribution is -2.40. The maximum absolute atomic E-state index is 12.5. The topological polar surface area (TPSA) is 74.8 Å². The van der Waals surface area contributed by atoms with E-state index < -0.39 is 0 Å². The maximum Gasteiger partial charge on any atom is 0.279 e. The first kappa shape index (κ1) is 16.5. The van der Waals surface area contributed by atoms with Gasteiger partial charge in [0.25, 0.3) is 11.8 Å². The Hall–Kier alpha value is -1.32. The zero-order valence-corrected chi connectivity index (χ0v) is 15.4. The molecule has 0 saturated carbocycles. The van der Waals surface area contributed by atoms with Gasteiger partial charge in [-0.1, -0.05) is 23.5 Å². The molecule has 2 amide bonds. The van der Waals surface area contributed by atoms with Gasteiger partial charge in [0.2, 0.25) is 5.78 Å². The van der Waals surface area contributed by atoms with Gasteiger partial charge in [-0.15, -0.1) is 0 Å². The molecule has 0 unspecified atom stereocenters. The van der Waals surface area contributed by atoms with E-state index in [1.165, 1.54) is 16.1 Å². The highest BCUT2D eigenvalue weighted by molar-refractivity contribution is 9.12. The van der Waals surface area contributed by atoms with Crippen molar-refractivity contribution in [2.24, 2.45) is 0 Å². The Morgan fingerprint density at radius 1 is 0.957 bits per heavy atom. The molecule has 120 valence electrons. The summed E-state index contributed by atoms with van der Waals surface area (Å²) < 4.78 is 0.590. The smallest absolute Gasteiger partial charge is 0.279 e. The van der Waals surface area contributed by atoms with Crippen LogP contribution < -0.4 is 0 Å². The van der Waals surface area contributed by atoms with Crippen LogP contribution in [-0.2, 0) is 19.2 Å². The lowest BCUT2D eigenvalue weighted by molar-refractivity contribution is -0.145. The van der Waals surface area contributed by atoms with E-state index in [0.29, 0.717) is 17.3 Å². The Labute approximate surface area is 149 Å². The summed E-state index contributed by atoms with van der Waals surface area (Å²) in [5.41, 5.74) is 0.0369. The summed E-state index contributed by atoms with van der Waals surface area (Å²) in [6.45, 7) is 4.33. The lowest BCUT2D eigenvalue weighted by atomic mass is 10.2. The minimum atomic E-state index is -0.388. The molecule has 1 fully saturated rings. The number of Topliss-reactive ketones (excluding diaryl/α,β-unsaturated/α-hetero) is 1. The lowest BCUT2D eigenvalue weighted by Gasteiger charge is -2.24. The second-order valence-corrected chi connectivity index (χ2v) is 7.91. The molecule has 3 rings (SSSR count). The fraction of sp³-hybridized carbons (Fsp3) is 0.286. The van der Waals surface area contributed by atoms with Gasteiger partial charge < -0.3 is 0 Å². The van der Waals surface area contributed by atoms with Gasteiger partial charge in [0.1, 0.15) is 5.57 Å². The third-order valence-electron chi connectivity index (χ3n) is 3.49. The van der Waals surface area contributed by atoms with Gasteiger partial charge in [-0.25, -0.2) is 10.0 Å². The molecule has 0 aromatic carbocycles. The number of ketones is 2. The first-order chi connectivity index (χ1) is 10.9. The molecule has 9 heteroatoms. The van der Waals surface area contributed by atoms with Gasteiger partial charge in [0, 0.05) is 19.2 Å². The maximum atomic E-state index is 12.5. The molecule has 2 heterocycles. The molecule has 23 heavy (non-hydrogen) atoms. The Balaban J connectivity index is 2.01. The summed E-state index contributed by atoms with van der Waals surface area (Å²) in [5, 5.41) is 2.75. The highest BCUT2D eigenvalue weighted by atomic mass is 79.9. The normalized spacial score (nSPS) is 21.8. The average Bonchev–Trinajstić information content (AvgIpc) is 3.04. The molecule has 0 bridgehead atoms. The predicted molar refractivity (Wildman–Crippen MR) is 91.0 cm³/mol. The van der Waals surface area contributed by atoms with E-state index in [1.807, 2.05) is 0 Å². The van der Waals surface area contributed by atoms with Crippen molar-refractivity contribution in [3.8, 4) is 0 Å². The monoisotopic (exact) mass is 414 g/mol. The van der Waals surface area contributed by atoms with Crippen LogP contribution in [0.1, 0.15) is 13.8 Å². The SMILES string of the molecule is CCN1C(=O)C(=C2SC3=C(S2)C(=O)C(Br)=CC3=O)C(=O)N1CC. The van der Waals surface area contributed by atoms with Crippen molar-refractivity contribution in [3.63, 3.8) is 0 Å². The number of allylic oxidation sites excluding steroid dienone is 4. The number of likely N-dealkylation sites (N-methyl/N-ethyl adjacent to an activating group) is 2. The van der Waals surface area contributed by atoms with Crippen molar-refractivity contribution in [2.45, 2.75) is 13.8 Å². The van der Waals surface area contributed by atoms with Gasteiger partial charge >= 0.3 is 0 Å². The molecular weight excluding hydrogens is 404 g/mol. The molecule has 0 aromatic heterocycles. The van der Waals surface area contributed by atoms with Crippen LogP contribution in [0.5, 0.6) is 0 Å². The van der Waals surface area contributed by atoms with Crippen LogP contribution in [0, 0.1) is 0 Å². The van der Waals surface area contributed by atoms with Crippen molar-refractivity contribution in [1.82, 2.24) is 10.0 Å². The molecule has 2 aliphatic heterocycles. The number of hydrogen-bond donors (Lipinski definition) is 0. The van der Waals surface area contributed by atoms with Crippen LogP contribution in [-0.4, -0.2) is 46.5 Å². The third-order valence-corrected chi connectivity index (χ3v) is 6.69. The second-order valence-electron chi connectivity index (χ2n) is 4.75. The molecule has 0 radical (unpaired) electrons. The highest BCUT2D eigenvalue weighted by Crippen LogP contribution is 2.54. The Bertz CT molecular complexity index is 745. The van der Waals surface area contributed by atoms with Gasteiger partial charge in [-0.3, -0.25) is 19.2 Å². The summed E-state index contributed by atoms with van der Waals surface area (Å²) in [5.74, 6) is -1.37. The van der Waals surface area contributed by atoms with Crippen molar-refractivity contribution in [1.29, 1.82) is 0 Å². The summed E-state index contributed by atoms with van der Waals surface area (Å²) in [6.07, 6.45) is 1.22. The Morgan fingerprint density at radius 2 is 1.48 bits per heavy atom. The van der Waals surface area contributed by atoms with Crippen LogP contribution in [0.4, 0.5) is 0 Å². The third kappa shape index (κ3) is 2.41.